The van der Waals surface area contributed by atoms with E-state index in [2.05, 4.69) is 13.8 Å². The van der Waals surface area contributed by atoms with Crippen molar-refractivity contribution >= 4 is 21.6 Å². The van der Waals surface area contributed by atoms with Gasteiger partial charge in [0.1, 0.15) is 0 Å². The van der Waals surface area contributed by atoms with E-state index in [0.717, 1.165) is 24.8 Å². The first-order chi connectivity index (χ1) is 9.93. The number of piperidine rings is 1. The van der Waals surface area contributed by atoms with Crippen molar-refractivity contribution in [3.8, 4) is 0 Å². The minimum Gasteiger partial charge on any atom is -0.207 e. The van der Waals surface area contributed by atoms with Crippen molar-refractivity contribution in [3.63, 3.8) is 0 Å². The number of halogens is 1. The Kier molecular flexibility index (Phi) is 5.69. The van der Waals surface area contributed by atoms with Crippen LogP contribution in [0.1, 0.15) is 32.3 Å². The van der Waals surface area contributed by atoms with Gasteiger partial charge in [-0.25, -0.2) is 8.42 Å². The molecule has 0 aliphatic carbocycles. The lowest BCUT2D eigenvalue weighted by atomic mass is 9.94. The summed E-state index contributed by atoms with van der Waals surface area (Å²) in [5.74, 6) is 1.47. The molecule has 1 aliphatic rings. The molecule has 1 aromatic rings. The van der Waals surface area contributed by atoms with E-state index in [-0.39, 0.29) is 0 Å². The van der Waals surface area contributed by atoms with Gasteiger partial charge >= 0.3 is 0 Å². The van der Waals surface area contributed by atoms with Crippen LogP contribution < -0.4 is 0 Å². The highest BCUT2D eigenvalue weighted by atomic mass is 35.5. The fourth-order valence-corrected chi connectivity index (χ4v) is 4.86. The fourth-order valence-electron chi connectivity index (χ4n) is 3.05. The molecule has 1 saturated heterocycles. The van der Waals surface area contributed by atoms with Crippen molar-refractivity contribution in [1.82, 2.24) is 4.31 Å². The molecule has 1 aliphatic heterocycles. The molecule has 0 N–H and O–H groups in total. The molecule has 1 aromatic carbocycles. The van der Waals surface area contributed by atoms with Gasteiger partial charge in [0.25, 0.3) is 0 Å². The van der Waals surface area contributed by atoms with Crippen LogP contribution in [0, 0.1) is 11.8 Å². The topological polar surface area (TPSA) is 37.4 Å². The molecule has 118 valence electrons. The summed E-state index contributed by atoms with van der Waals surface area (Å²) in [7, 11) is -3.36. The Morgan fingerprint density at radius 1 is 1.14 bits per heavy atom. The first-order valence-electron chi connectivity index (χ1n) is 7.58. The summed E-state index contributed by atoms with van der Waals surface area (Å²) < 4.78 is 27.1. The molecular weight excluding hydrogens is 306 g/mol. The van der Waals surface area contributed by atoms with E-state index in [4.69, 9.17) is 11.6 Å². The summed E-state index contributed by atoms with van der Waals surface area (Å²) in [4.78, 5) is 0.401. The van der Waals surface area contributed by atoms with Crippen molar-refractivity contribution in [2.75, 3.05) is 19.0 Å². The van der Waals surface area contributed by atoms with Gasteiger partial charge in [0.15, 0.2) is 0 Å². The quantitative estimate of drug-likeness (QED) is 0.775. The number of hydrogen-bond donors (Lipinski definition) is 0. The van der Waals surface area contributed by atoms with Crippen LogP contribution in [0.4, 0.5) is 0 Å². The zero-order valence-electron chi connectivity index (χ0n) is 12.8. The van der Waals surface area contributed by atoms with E-state index in [1.807, 2.05) is 12.1 Å². The van der Waals surface area contributed by atoms with Crippen LogP contribution in [-0.2, 0) is 16.4 Å². The van der Waals surface area contributed by atoms with Crippen LogP contribution in [0.2, 0.25) is 0 Å². The van der Waals surface area contributed by atoms with Crippen molar-refractivity contribution in [2.24, 2.45) is 11.8 Å². The average Bonchev–Trinajstić information content (AvgIpc) is 2.44. The second kappa shape index (κ2) is 7.12. The second-order valence-corrected chi connectivity index (χ2v) is 8.52. The number of sulfonamides is 1. The third kappa shape index (κ3) is 4.21. The Labute approximate surface area is 133 Å². The van der Waals surface area contributed by atoms with Gasteiger partial charge in [-0.1, -0.05) is 26.0 Å². The summed E-state index contributed by atoms with van der Waals surface area (Å²) in [5.41, 5.74) is 1.13. The predicted molar refractivity (Wildman–Crippen MR) is 87.2 cm³/mol. The standard InChI is InChI=1S/C16H24ClNO2S/c1-13-10-14(2)12-18(11-13)21(19,20)16-7-5-15(6-8-16)4-3-9-17/h5-8,13-14H,3-4,9-12H2,1-2H3. The summed E-state index contributed by atoms with van der Waals surface area (Å²) in [6.07, 6.45) is 2.90. The van der Waals surface area contributed by atoms with Crippen LogP contribution in [0.25, 0.3) is 0 Å². The highest BCUT2D eigenvalue weighted by Gasteiger charge is 2.31. The minimum atomic E-state index is -3.36. The van der Waals surface area contributed by atoms with E-state index in [9.17, 15) is 8.42 Å². The van der Waals surface area contributed by atoms with Gasteiger partial charge in [0.2, 0.25) is 10.0 Å². The molecule has 1 heterocycles. The molecule has 0 spiro atoms. The van der Waals surface area contributed by atoms with Gasteiger partial charge < -0.3 is 0 Å². The van der Waals surface area contributed by atoms with Crippen molar-refractivity contribution in [2.45, 2.75) is 38.0 Å². The molecule has 0 bridgehead atoms. The smallest absolute Gasteiger partial charge is 0.207 e. The molecule has 0 amide bonds. The maximum absolute atomic E-state index is 12.7. The lowest BCUT2D eigenvalue weighted by Crippen LogP contribution is -2.42. The van der Waals surface area contributed by atoms with Crippen LogP contribution in [0.5, 0.6) is 0 Å². The van der Waals surface area contributed by atoms with E-state index >= 15 is 0 Å². The first-order valence-corrected chi connectivity index (χ1v) is 9.56. The molecule has 5 heteroatoms. The normalized spacial score (nSPS) is 24.1. The summed E-state index contributed by atoms with van der Waals surface area (Å²) in [6.45, 7) is 5.49. The largest absolute Gasteiger partial charge is 0.243 e. The molecule has 0 radical (unpaired) electrons. The van der Waals surface area contributed by atoms with E-state index in [1.54, 1.807) is 16.4 Å². The third-order valence-electron chi connectivity index (χ3n) is 4.00. The molecule has 21 heavy (non-hydrogen) atoms. The molecule has 2 rings (SSSR count). The van der Waals surface area contributed by atoms with Crippen molar-refractivity contribution in [1.29, 1.82) is 0 Å². The fraction of sp³-hybridized carbons (Fsp3) is 0.625. The van der Waals surface area contributed by atoms with Crippen LogP contribution in [0.15, 0.2) is 29.2 Å². The highest BCUT2D eigenvalue weighted by Crippen LogP contribution is 2.26. The SMILES string of the molecule is CC1CC(C)CN(S(=O)(=O)c2ccc(CCCCl)cc2)C1. The summed E-state index contributed by atoms with van der Waals surface area (Å²) in [6, 6.07) is 7.25. The third-order valence-corrected chi connectivity index (χ3v) is 6.11. The van der Waals surface area contributed by atoms with Gasteiger partial charge in [-0.05, 0) is 48.8 Å². The Bertz CT molecular complexity index is 546. The maximum atomic E-state index is 12.7. The zero-order chi connectivity index (χ0) is 15.5. The average molecular weight is 330 g/mol. The molecule has 0 saturated carbocycles. The number of hydrogen-bond acceptors (Lipinski definition) is 2. The van der Waals surface area contributed by atoms with Crippen molar-refractivity contribution < 1.29 is 8.42 Å². The molecule has 2 unspecified atom stereocenters. The maximum Gasteiger partial charge on any atom is 0.243 e. The summed E-state index contributed by atoms with van der Waals surface area (Å²) >= 11 is 5.68. The van der Waals surface area contributed by atoms with E-state index in [1.165, 1.54) is 0 Å². The van der Waals surface area contributed by atoms with Gasteiger partial charge in [0.05, 0.1) is 4.90 Å². The van der Waals surface area contributed by atoms with Gasteiger partial charge in [-0.3, -0.25) is 0 Å². The molecular formula is C16H24ClNO2S. The van der Waals surface area contributed by atoms with Crippen LogP contribution >= 0.6 is 11.6 Å². The lowest BCUT2D eigenvalue weighted by molar-refractivity contribution is 0.222. The predicted octanol–water partition coefficient (Wildman–Crippen LogP) is 3.52. The van der Waals surface area contributed by atoms with Gasteiger partial charge in [-0.15, -0.1) is 11.6 Å². The Morgan fingerprint density at radius 3 is 2.24 bits per heavy atom. The van der Waals surface area contributed by atoms with Crippen LogP contribution in [0.3, 0.4) is 0 Å². The molecule has 3 nitrogen and oxygen atoms in total. The number of nitrogens with zero attached hydrogens (tertiary/aromatic N) is 1. The van der Waals surface area contributed by atoms with Crippen molar-refractivity contribution in [3.05, 3.63) is 29.8 Å². The number of benzene rings is 1. The second-order valence-electron chi connectivity index (χ2n) is 6.20. The van der Waals surface area contributed by atoms with Crippen LogP contribution in [-0.4, -0.2) is 31.7 Å². The Hall–Kier alpha value is -0.580. The highest BCUT2D eigenvalue weighted by molar-refractivity contribution is 7.89. The van der Waals surface area contributed by atoms with E-state index in [0.29, 0.717) is 35.7 Å². The molecule has 1 fully saturated rings. The number of aryl methyl sites for hydroxylation is 1. The Morgan fingerprint density at radius 2 is 1.71 bits per heavy atom. The lowest BCUT2D eigenvalue weighted by Gasteiger charge is -2.34. The monoisotopic (exact) mass is 329 g/mol. The first kappa shape index (κ1) is 16.8. The zero-order valence-corrected chi connectivity index (χ0v) is 14.3. The van der Waals surface area contributed by atoms with Gasteiger partial charge in [-0.2, -0.15) is 4.31 Å². The molecule has 2 atom stereocenters. The van der Waals surface area contributed by atoms with Gasteiger partial charge in [0, 0.05) is 19.0 Å². The summed E-state index contributed by atoms with van der Waals surface area (Å²) in [5, 5.41) is 0. The number of rotatable bonds is 5. The Balaban J connectivity index is 2.15. The number of alkyl halides is 1. The molecule has 0 aromatic heterocycles. The minimum absolute atomic E-state index is 0.401. The van der Waals surface area contributed by atoms with E-state index < -0.39 is 10.0 Å².